The molecule has 8 nitrogen and oxygen atoms in total. The fourth-order valence-electron chi connectivity index (χ4n) is 4.51. The number of piperazine rings is 1. The van der Waals surface area contributed by atoms with Crippen LogP contribution in [-0.2, 0) is 4.79 Å². The molecule has 37 heavy (non-hydrogen) atoms. The van der Waals surface area contributed by atoms with E-state index in [2.05, 4.69) is 15.1 Å². The number of carbonyl (C=O) groups is 2. The number of benzene rings is 2. The van der Waals surface area contributed by atoms with Crippen LogP contribution in [0.5, 0.6) is 5.75 Å². The molecule has 2 fully saturated rings. The summed E-state index contributed by atoms with van der Waals surface area (Å²) in [5.41, 5.74) is 1.69. The zero-order valence-electron chi connectivity index (χ0n) is 20.8. The molecule has 1 aliphatic heterocycles. The Bertz CT molecular complexity index is 1260. The van der Waals surface area contributed by atoms with Crippen LogP contribution in [0.3, 0.4) is 0 Å². The van der Waals surface area contributed by atoms with Gasteiger partial charge in [-0.15, -0.1) is 10.2 Å². The molecule has 1 saturated heterocycles. The van der Waals surface area contributed by atoms with E-state index >= 15 is 0 Å². The van der Waals surface area contributed by atoms with E-state index in [1.807, 2.05) is 36.4 Å². The number of carbonyl (C=O) groups excluding carboxylic acids is 2. The first-order chi connectivity index (χ1) is 18.0. The number of anilines is 1. The van der Waals surface area contributed by atoms with Gasteiger partial charge in [0.05, 0.1) is 18.4 Å². The first kappa shape index (κ1) is 24.7. The normalized spacial score (nSPS) is 15.4. The van der Waals surface area contributed by atoms with Gasteiger partial charge in [0.25, 0.3) is 5.91 Å². The number of ether oxygens (including phenoxy) is 1. The molecule has 9 heteroatoms. The molecule has 1 saturated carbocycles. The smallest absolute Gasteiger partial charge is 0.257 e. The van der Waals surface area contributed by atoms with Crippen molar-refractivity contribution in [3.05, 3.63) is 72.0 Å². The molecule has 2 aromatic carbocycles. The summed E-state index contributed by atoms with van der Waals surface area (Å²) in [6.07, 6.45) is 2.07. The summed E-state index contributed by atoms with van der Waals surface area (Å²) >= 11 is 0. The third kappa shape index (κ3) is 5.87. The average Bonchev–Trinajstić information content (AvgIpc) is 3.77. The summed E-state index contributed by atoms with van der Waals surface area (Å²) in [5.74, 6) is 0.791. The van der Waals surface area contributed by atoms with Crippen molar-refractivity contribution in [1.29, 1.82) is 0 Å². The van der Waals surface area contributed by atoms with Crippen LogP contribution in [0.1, 0.15) is 23.2 Å². The van der Waals surface area contributed by atoms with E-state index in [-0.39, 0.29) is 18.0 Å². The summed E-state index contributed by atoms with van der Waals surface area (Å²) in [6, 6.07) is 17.5. The second-order valence-electron chi connectivity index (χ2n) is 9.49. The van der Waals surface area contributed by atoms with Gasteiger partial charge in [0, 0.05) is 38.3 Å². The molecule has 0 spiro atoms. The predicted octanol–water partition coefficient (Wildman–Crippen LogP) is 3.49. The monoisotopic (exact) mass is 503 g/mol. The number of methoxy groups -OCH3 is 1. The van der Waals surface area contributed by atoms with Gasteiger partial charge in [-0.1, -0.05) is 24.3 Å². The van der Waals surface area contributed by atoms with Crippen molar-refractivity contribution in [2.75, 3.05) is 51.3 Å². The lowest BCUT2D eigenvalue weighted by Gasteiger charge is -2.36. The molecule has 0 radical (unpaired) electrons. The summed E-state index contributed by atoms with van der Waals surface area (Å²) in [7, 11) is 1.63. The number of hydrogen-bond acceptors (Lipinski definition) is 6. The highest BCUT2D eigenvalue weighted by Gasteiger charge is 2.31. The summed E-state index contributed by atoms with van der Waals surface area (Å²) in [6.45, 7) is 2.70. The molecule has 1 aromatic heterocycles. The fourth-order valence-corrected chi connectivity index (χ4v) is 4.51. The molecule has 2 amide bonds. The first-order valence-corrected chi connectivity index (χ1v) is 12.6. The Morgan fingerprint density at radius 2 is 1.78 bits per heavy atom. The molecule has 192 valence electrons. The van der Waals surface area contributed by atoms with Gasteiger partial charge in [0.1, 0.15) is 18.1 Å². The SMILES string of the molecule is COc1cccc(-c2ccc(N3CCN(C(=O)CN(CC4CC4)C(=O)c4ccccc4F)CC3)nn2)c1. The molecule has 2 heterocycles. The van der Waals surface area contributed by atoms with Crippen molar-refractivity contribution in [3.63, 3.8) is 0 Å². The second kappa shape index (κ2) is 10.9. The fraction of sp³-hybridized carbons (Fsp3) is 0.357. The van der Waals surface area contributed by atoms with Crippen LogP contribution < -0.4 is 9.64 Å². The number of rotatable bonds is 8. The van der Waals surface area contributed by atoms with Gasteiger partial charge in [-0.25, -0.2) is 4.39 Å². The lowest BCUT2D eigenvalue weighted by molar-refractivity contribution is -0.132. The molecular formula is C28H30FN5O3. The minimum absolute atomic E-state index is 0.0109. The van der Waals surface area contributed by atoms with Crippen LogP contribution in [0, 0.1) is 11.7 Å². The molecule has 0 bridgehead atoms. The van der Waals surface area contributed by atoms with Gasteiger partial charge in [-0.05, 0) is 55.2 Å². The number of amides is 2. The highest BCUT2D eigenvalue weighted by atomic mass is 19.1. The van der Waals surface area contributed by atoms with Crippen molar-refractivity contribution in [1.82, 2.24) is 20.0 Å². The van der Waals surface area contributed by atoms with Gasteiger partial charge in [0.2, 0.25) is 5.91 Å². The minimum Gasteiger partial charge on any atom is -0.497 e. The van der Waals surface area contributed by atoms with Crippen LogP contribution in [0.15, 0.2) is 60.7 Å². The number of aromatic nitrogens is 2. The van der Waals surface area contributed by atoms with Crippen molar-refractivity contribution in [2.45, 2.75) is 12.8 Å². The van der Waals surface area contributed by atoms with Crippen molar-refractivity contribution >= 4 is 17.6 Å². The Labute approximate surface area is 215 Å². The number of halogens is 1. The van der Waals surface area contributed by atoms with Crippen molar-refractivity contribution in [2.24, 2.45) is 5.92 Å². The average molecular weight is 504 g/mol. The summed E-state index contributed by atoms with van der Waals surface area (Å²) in [5, 5.41) is 8.78. The molecule has 2 aliphatic rings. The van der Waals surface area contributed by atoms with Crippen LogP contribution in [-0.4, -0.2) is 78.2 Å². The maximum absolute atomic E-state index is 14.2. The zero-order chi connectivity index (χ0) is 25.8. The Morgan fingerprint density at radius 3 is 2.46 bits per heavy atom. The van der Waals surface area contributed by atoms with Crippen LogP contribution in [0.2, 0.25) is 0 Å². The highest BCUT2D eigenvalue weighted by Crippen LogP contribution is 2.30. The van der Waals surface area contributed by atoms with Gasteiger partial charge in [-0.2, -0.15) is 0 Å². The highest BCUT2D eigenvalue weighted by molar-refractivity contribution is 5.96. The number of hydrogen-bond donors (Lipinski definition) is 0. The standard InChI is InChI=1S/C28H30FN5O3/c1-37-22-6-4-5-21(17-22)25-11-12-26(31-30-25)32-13-15-33(16-14-32)27(35)19-34(18-20-9-10-20)28(36)23-7-2-3-8-24(23)29/h2-8,11-12,17,20H,9-10,13-16,18-19H2,1H3. The zero-order valence-corrected chi connectivity index (χ0v) is 20.8. The van der Waals surface area contributed by atoms with Crippen molar-refractivity contribution < 1.29 is 18.7 Å². The first-order valence-electron chi connectivity index (χ1n) is 12.6. The molecule has 5 rings (SSSR count). The third-order valence-corrected chi connectivity index (χ3v) is 6.87. The van der Waals surface area contributed by atoms with Gasteiger partial charge in [-0.3, -0.25) is 9.59 Å². The lowest BCUT2D eigenvalue weighted by Crippen LogP contribution is -2.52. The van der Waals surface area contributed by atoms with Gasteiger partial charge >= 0.3 is 0 Å². The summed E-state index contributed by atoms with van der Waals surface area (Å²) < 4.78 is 19.5. The minimum atomic E-state index is -0.562. The number of nitrogens with zero attached hydrogens (tertiary/aromatic N) is 5. The van der Waals surface area contributed by atoms with Crippen LogP contribution in [0.4, 0.5) is 10.2 Å². The molecule has 3 aromatic rings. The molecular weight excluding hydrogens is 473 g/mol. The van der Waals surface area contributed by atoms with Gasteiger partial charge in [0.15, 0.2) is 5.82 Å². The molecule has 0 unspecified atom stereocenters. The van der Waals surface area contributed by atoms with E-state index in [1.165, 1.54) is 17.0 Å². The Hall–Kier alpha value is -4.01. The molecule has 1 aliphatic carbocycles. The molecule has 0 atom stereocenters. The largest absolute Gasteiger partial charge is 0.497 e. The Balaban J connectivity index is 1.18. The molecule has 0 N–H and O–H groups in total. The van der Waals surface area contributed by atoms with E-state index in [0.717, 1.165) is 35.7 Å². The van der Waals surface area contributed by atoms with E-state index in [1.54, 1.807) is 24.1 Å². The maximum Gasteiger partial charge on any atom is 0.257 e. The predicted molar refractivity (Wildman–Crippen MR) is 138 cm³/mol. The van der Waals surface area contributed by atoms with Gasteiger partial charge < -0.3 is 19.4 Å². The lowest BCUT2D eigenvalue weighted by atomic mass is 10.1. The van der Waals surface area contributed by atoms with Crippen LogP contribution in [0.25, 0.3) is 11.3 Å². The quantitative estimate of drug-likeness (QED) is 0.468. The third-order valence-electron chi connectivity index (χ3n) is 6.87. The van der Waals surface area contributed by atoms with E-state index in [0.29, 0.717) is 38.6 Å². The summed E-state index contributed by atoms with van der Waals surface area (Å²) in [4.78, 5) is 31.5. The Kier molecular flexibility index (Phi) is 7.30. The van der Waals surface area contributed by atoms with E-state index < -0.39 is 11.7 Å². The Morgan fingerprint density at radius 1 is 1.00 bits per heavy atom. The van der Waals surface area contributed by atoms with E-state index in [4.69, 9.17) is 4.74 Å². The second-order valence-corrected chi connectivity index (χ2v) is 9.49. The topological polar surface area (TPSA) is 78.9 Å². The van der Waals surface area contributed by atoms with E-state index in [9.17, 15) is 14.0 Å². The van der Waals surface area contributed by atoms with Crippen LogP contribution >= 0.6 is 0 Å². The van der Waals surface area contributed by atoms with Crippen molar-refractivity contribution in [3.8, 4) is 17.0 Å². The maximum atomic E-state index is 14.2.